The highest BCUT2D eigenvalue weighted by molar-refractivity contribution is 6.05. The molecule has 0 aliphatic heterocycles. The molecule has 5 N–H and O–H groups in total. The van der Waals surface area contributed by atoms with E-state index in [0.29, 0.717) is 29.2 Å². The maximum Gasteiger partial charge on any atom is 0.416 e. The van der Waals surface area contributed by atoms with Gasteiger partial charge in [-0.25, -0.2) is 5.84 Å². The van der Waals surface area contributed by atoms with Crippen LogP contribution in [0.1, 0.15) is 44.7 Å². The first-order valence-corrected chi connectivity index (χ1v) is 13.1. The van der Waals surface area contributed by atoms with Gasteiger partial charge in [0.05, 0.1) is 23.1 Å². The molecule has 9 nitrogen and oxygen atoms in total. The van der Waals surface area contributed by atoms with E-state index < -0.39 is 17.6 Å². The second-order valence-corrected chi connectivity index (χ2v) is 10.5. The average Bonchev–Trinajstić information content (AvgIpc) is 3.22. The van der Waals surface area contributed by atoms with Gasteiger partial charge in [0.25, 0.3) is 5.91 Å². The number of carbonyl (C=O) groups is 1. The number of alkyl halides is 3. The van der Waals surface area contributed by atoms with Crippen molar-refractivity contribution >= 4 is 28.7 Å². The standard InChI is InChI=1S/C29H39F3N8O/c1-18-9-10-21(13-26(18)40(34)17-24(33)23-16-35-39(7)20(23)3)28(41)36-25-14-22(29(30,31)32)15-27(19(25)2)38(6)12-8-11-37(4)5/h9-10,13-17H,8,11-12,33-34H2,1-7H3,(H,36,41)/b24-17-. The van der Waals surface area contributed by atoms with E-state index in [0.717, 1.165) is 41.9 Å². The van der Waals surface area contributed by atoms with Crippen LogP contribution in [0.15, 0.2) is 42.7 Å². The largest absolute Gasteiger partial charge is 0.416 e. The summed E-state index contributed by atoms with van der Waals surface area (Å²) in [7, 11) is 7.43. The monoisotopic (exact) mass is 572 g/mol. The van der Waals surface area contributed by atoms with E-state index in [9.17, 15) is 18.0 Å². The first-order valence-electron chi connectivity index (χ1n) is 13.1. The molecule has 2 aromatic carbocycles. The summed E-state index contributed by atoms with van der Waals surface area (Å²) in [5.41, 5.74) is 9.90. The maximum atomic E-state index is 13.8. The van der Waals surface area contributed by atoms with Gasteiger partial charge in [0, 0.05) is 55.0 Å². The number of nitrogens with two attached hydrogens (primary N) is 2. The molecule has 1 heterocycles. The van der Waals surface area contributed by atoms with Gasteiger partial charge >= 0.3 is 6.18 Å². The van der Waals surface area contributed by atoms with Crippen LogP contribution in [0, 0.1) is 20.8 Å². The van der Waals surface area contributed by atoms with E-state index >= 15 is 0 Å². The Morgan fingerprint density at radius 2 is 1.76 bits per heavy atom. The quantitative estimate of drug-likeness (QED) is 0.240. The van der Waals surface area contributed by atoms with Gasteiger partial charge in [0.2, 0.25) is 0 Å². The fourth-order valence-corrected chi connectivity index (χ4v) is 4.43. The minimum Gasteiger partial charge on any atom is -0.397 e. The molecule has 0 aliphatic rings. The number of nitrogens with one attached hydrogen (secondary N) is 1. The Morgan fingerprint density at radius 1 is 1.07 bits per heavy atom. The molecule has 12 heteroatoms. The lowest BCUT2D eigenvalue weighted by atomic mass is 10.0. The van der Waals surface area contributed by atoms with E-state index in [4.69, 9.17) is 11.6 Å². The van der Waals surface area contributed by atoms with Gasteiger partial charge in [-0.2, -0.15) is 18.3 Å². The molecule has 0 fully saturated rings. The highest BCUT2D eigenvalue weighted by atomic mass is 19.4. The zero-order valence-electron chi connectivity index (χ0n) is 24.6. The summed E-state index contributed by atoms with van der Waals surface area (Å²) in [6, 6.07) is 6.97. The third-order valence-electron chi connectivity index (χ3n) is 7.04. The predicted octanol–water partition coefficient (Wildman–Crippen LogP) is 4.64. The molecular formula is C29H39F3N8O. The number of hydrazine groups is 1. The number of rotatable bonds is 10. The lowest BCUT2D eigenvalue weighted by Crippen LogP contribution is -2.27. The SMILES string of the molecule is Cc1ccc(C(=O)Nc2cc(C(F)(F)F)cc(N(C)CCCN(C)C)c2C)cc1N(N)/C=C(\N)c1cnn(C)c1C. The molecule has 0 spiro atoms. The molecule has 0 saturated carbocycles. The summed E-state index contributed by atoms with van der Waals surface area (Å²) in [4.78, 5) is 17.1. The lowest BCUT2D eigenvalue weighted by molar-refractivity contribution is -0.137. The van der Waals surface area contributed by atoms with Crippen LogP contribution >= 0.6 is 0 Å². The van der Waals surface area contributed by atoms with E-state index in [-0.39, 0.29) is 11.3 Å². The lowest BCUT2D eigenvalue weighted by Gasteiger charge is -2.25. The molecule has 222 valence electrons. The summed E-state index contributed by atoms with van der Waals surface area (Å²) in [6.45, 7) is 6.75. The maximum absolute atomic E-state index is 13.8. The van der Waals surface area contributed by atoms with Crippen molar-refractivity contribution in [1.29, 1.82) is 0 Å². The Labute approximate surface area is 239 Å². The highest BCUT2D eigenvalue weighted by Gasteiger charge is 2.32. The summed E-state index contributed by atoms with van der Waals surface area (Å²) >= 11 is 0. The van der Waals surface area contributed by atoms with Crippen LogP contribution in [0.3, 0.4) is 0 Å². The van der Waals surface area contributed by atoms with E-state index in [1.165, 1.54) is 11.2 Å². The number of hydrogen-bond donors (Lipinski definition) is 3. The zero-order chi connectivity index (χ0) is 30.6. The summed E-state index contributed by atoms with van der Waals surface area (Å²) < 4.78 is 43.2. The van der Waals surface area contributed by atoms with Gasteiger partial charge in [0.1, 0.15) is 0 Å². The van der Waals surface area contributed by atoms with Gasteiger partial charge in [0.15, 0.2) is 0 Å². The number of hydrogen-bond acceptors (Lipinski definition) is 7. The van der Waals surface area contributed by atoms with Crippen LogP contribution in [-0.2, 0) is 13.2 Å². The number of halogens is 3. The molecule has 0 aliphatic carbocycles. The van der Waals surface area contributed by atoms with Crippen molar-refractivity contribution in [3.8, 4) is 0 Å². The fourth-order valence-electron chi connectivity index (χ4n) is 4.43. The molecule has 0 radical (unpaired) electrons. The highest BCUT2D eigenvalue weighted by Crippen LogP contribution is 2.37. The van der Waals surface area contributed by atoms with Crippen molar-refractivity contribution in [2.45, 2.75) is 33.4 Å². The zero-order valence-corrected chi connectivity index (χ0v) is 24.6. The molecule has 0 atom stereocenters. The van der Waals surface area contributed by atoms with Gasteiger partial charge in [-0.05, 0) is 83.2 Å². The van der Waals surface area contributed by atoms with Crippen molar-refractivity contribution in [2.24, 2.45) is 18.6 Å². The van der Waals surface area contributed by atoms with Crippen molar-refractivity contribution in [1.82, 2.24) is 14.7 Å². The molecule has 0 unspecified atom stereocenters. The number of benzene rings is 2. The minimum atomic E-state index is -4.58. The van der Waals surface area contributed by atoms with Gasteiger partial charge < -0.3 is 20.9 Å². The molecule has 41 heavy (non-hydrogen) atoms. The number of aromatic nitrogens is 2. The van der Waals surface area contributed by atoms with Crippen LogP contribution in [0.4, 0.5) is 30.2 Å². The smallest absolute Gasteiger partial charge is 0.397 e. The number of anilines is 3. The Morgan fingerprint density at radius 3 is 2.34 bits per heavy atom. The average molecular weight is 573 g/mol. The van der Waals surface area contributed by atoms with Crippen molar-refractivity contribution in [3.05, 3.63) is 76.2 Å². The van der Waals surface area contributed by atoms with Crippen molar-refractivity contribution in [2.75, 3.05) is 49.5 Å². The normalized spacial score (nSPS) is 12.1. The Kier molecular flexibility index (Phi) is 9.72. The Balaban J connectivity index is 1.91. The molecule has 0 saturated heterocycles. The molecule has 1 aromatic heterocycles. The minimum absolute atomic E-state index is 0.0854. The molecule has 1 amide bonds. The molecular weight excluding hydrogens is 533 g/mol. The number of aryl methyl sites for hydroxylation is 2. The van der Waals surface area contributed by atoms with Gasteiger partial charge in [-0.3, -0.25) is 14.5 Å². The van der Waals surface area contributed by atoms with Gasteiger partial charge in [-0.15, -0.1) is 0 Å². The Hall–Kier alpha value is -4.03. The van der Waals surface area contributed by atoms with Crippen LogP contribution in [0.25, 0.3) is 5.70 Å². The van der Waals surface area contributed by atoms with E-state index in [1.807, 2.05) is 32.8 Å². The van der Waals surface area contributed by atoms with E-state index in [2.05, 4.69) is 10.4 Å². The van der Waals surface area contributed by atoms with Gasteiger partial charge in [-0.1, -0.05) is 6.07 Å². The van der Waals surface area contributed by atoms with Crippen molar-refractivity contribution in [3.63, 3.8) is 0 Å². The van der Waals surface area contributed by atoms with Crippen LogP contribution in [0.2, 0.25) is 0 Å². The molecule has 3 aromatic rings. The van der Waals surface area contributed by atoms with Crippen LogP contribution in [0.5, 0.6) is 0 Å². The Bertz CT molecular complexity index is 1430. The third-order valence-corrected chi connectivity index (χ3v) is 7.04. The third kappa shape index (κ3) is 7.59. The summed E-state index contributed by atoms with van der Waals surface area (Å²) in [5.74, 6) is 5.73. The van der Waals surface area contributed by atoms with Crippen LogP contribution < -0.4 is 26.8 Å². The van der Waals surface area contributed by atoms with Crippen molar-refractivity contribution < 1.29 is 18.0 Å². The second-order valence-electron chi connectivity index (χ2n) is 10.5. The summed E-state index contributed by atoms with van der Waals surface area (Å²) in [6.07, 6.45) is -0.648. The summed E-state index contributed by atoms with van der Waals surface area (Å²) in [5, 5.41) is 8.18. The fraction of sp³-hybridized carbons (Fsp3) is 0.379. The first-order chi connectivity index (χ1) is 19.1. The number of nitrogens with zero attached hydrogens (tertiary/aromatic N) is 5. The number of amides is 1. The molecule has 0 bridgehead atoms. The second kappa shape index (κ2) is 12.6. The first kappa shape index (κ1) is 31.5. The number of carbonyl (C=O) groups excluding carboxylic acids is 1. The van der Waals surface area contributed by atoms with E-state index in [1.54, 1.807) is 55.0 Å². The topological polar surface area (TPSA) is 109 Å². The molecule has 3 rings (SSSR count). The predicted molar refractivity (Wildman–Crippen MR) is 159 cm³/mol. The van der Waals surface area contributed by atoms with Crippen LogP contribution in [-0.4, -0.2) is 54.8 Å².